The summed E-state index contributed by atoms with van der Waals surface area (Å²) in [7, 11) is 6.13. The molecule has 0 aliphatic carbocycles. The van der Waals surface area contributed by atoms with Crippen LogP contribution in [0.2, 0.25) is 0 Å². The monoisotopic (exact) mass is 365 g/mol. The molecule has 0 spiro atoms. The minimum absolute atomic E-state index is 0.214. The second-order valence-corrected chi connectivity index (χ2v) is 9.01. The Morgan fingerprint density at radius 1 is 1.33 bits per heavy atom. The lowest BCUT2D eigenvalue weighted by Crippen LogP contribution is -2.38. The molecule has 0 amide bonds. The predicted octanol–water partition coefficient (Wildman–Crippen LogP) is 3.41. The molecular formula is C18H25N2O2S2+. The molecule has 1 unspecified atom stereocenters. The Morgan fingerprint density at radius 3 is 2.50 bits per heavy atom. The molecule has 1 aromatic rings. The zero-order valence-corrected chi connectivity index (χ0v) is 16.4. The van der Waals surface area contributed by atoms with E-state index in [1.54, 1.807) is 0 Å². The van der Waals surface area contributed by atoms with E-state index in [-0.39, 0.29) is 12.4 Å². The van der Waals surface area contributed by atoms with Crippen molar-refractivity contribution < 1.29 is 14.0 Å². The van der Waals surface area contributed by atoms with Crippen molar-refractivity contribution in [3.05, 3.63) is 35.9 Å². The number of nitrogens with zero attached hydrogens (tertiary/aromatic N) is 2. The first-order chi connectivity index (χ1) is 11.2. The van der Waals surface area contributed by atoms with Crippen molar-refractivity contribution >= 4 is 34.1 Å². The molecule has 1 atom stereocenters. The topological polar surface area (TPSA) is 50.1 Å². The summed E-state index contributed by atoms with van der Waals surface area (Å²) in [5, 5.41) is 9.49. The maximum atomic E-state index is 11.9. The Hall–Kier alpha value is -1.42. The highest BCUT2D eigenvalue weighted by molar-refractivity contribution is 8.24. The van der Waals surface area contributed by atoms with Crippen LogP contribution >= 0.6 is 24.0 Å². The summed E-state index contributed by atoms with van der Waals surface area (Å²) in [6, 6.07) is 11.9. The number of nitriles is 1. The van der Waals surface area contributed by atoms with Gasteiger partial charge in [-0.25, -0.2) is 0 Å². The molecule has 24 heavy (non-hydrogen) atoms. The van der Waals surface area contributed by atoms with Crippen LogP contribution in [0, 0.1) is 11.3 Å². The van der Waals surface area contributed by atoms with Crippen LogP contribution in [0.1, 0.15) is 25.3 Å². The van der Waals surface area contributed by atoms with Crippen LogP contribution in [0.25, 0.3) is 0 Å². The van der Waals surface area contributed by atoms with Gasteiger partial charge in [-0.15, -0.1) is 0 Å². The minimum atomic E-state index is -0.744. The van der Waals surface area contributed by atoms with Crippen molar-refractivity contribution in [1.29, 1.82) is 5.26 Å². The third kappa shape index (κ3) is 7.91. The summed E-state index contributed by atoms with van der Waals surface area (Å²) in [6.45, 7) is 2.96. The number of carbonyl (C=O) groups excluding carboxylic acids is 1. The molecule has 0 saturated carbocycles. The molecule has 0 aliphatic heterocycles. The van der Waals surface area contributed by atoms with Gasteiger partial charge in [0.1, 0.15) is 17.9 Å². The van der Waals surface area contributed by atoms with Gasteiger partial charge in [0.15, 0.2) is 0 Å². The molecule has 0 N–H and O–H groups in total. The molecule has 4 nitrogen and oxygen atoms in total. The van der Waals surface area contributed by atoms with Crippen molar-refractivity contribution in [2.24, 2.45) is 0 Å². The number of benzene rings is 1. The maximum absolute atomic E-state index is 11.9. The molecule has 0 fully saturated rings. The highest BCUT2D eigenvalue weighted by Gasteiger charge is 2.28. The highest BCUT2D eigenvalue weighted by Crippen LogP contribution is 2.33. The number of esters is 1. The second-order valence-electron chi connectivity index (χ2n) is 6.83. The molecule has 0 aromatic heterocycles. The molecule has 0 heterocycles. The lowest BCUT2D eigenvalue weighted by molar-refractivity contribution is -0.870. The predicted molar refractivity (Wildman–Crippen MR) is 103 cm³/mol. The number of quaternary nitrogens is 1. The first-order valence-electron chi connectivity index (χ1n) is 7.81. The number of hydrogen-bond donors (Lipinski definition) is 0. The van der Waals surface area contributed by atoms with E-state index in [4.69, 9.17) is 17.0 Å². The van der Waals surface area contributed by atoms with Gasteiger partial charge in [0.05, 0.1) is 31.4 Å². The molecule has 0 saturated heterocycles. The van der Waals surface area contributed by atoms with Crippen LogP contribution in [0.4, 0.5) is 0 Å². The SMILES string of the molecule is CC(C#N)(CCC(=O)OCC[N+](C)(C)C)SC(=S)c1ccccc1. The van der Waals surface area contributed by atoms with Gasteiger partial charge in [0, 0.05) is 6.42 Å². The molecular weight excluding hydrogens is 340 g/mol. The van der Waals surface area contributed by atoms with Crippen molar-refractivity contribution in [2.75, 3.05) is 34.3 Å². The number of carbonyl (C=O) groups is 1. The quantitative estimate of drug-likeness (QED) is 0.401. The number of thiocarbonyl (C=S) groups is 1. The summed E-state index contributed by atoms with van der Waals surface area (Å²) in [5.41, 5.74) is 0.921. The Bertz CT molecular complexity index is 606. The fourth-order valence-corrected chi connectivity index (χ4v) is 3.41. The Labute approximate surface area is 154 Å². The van der Waals surface area contributed by atoms with E-state index in [0.717, 1.165) is 16.6 Å². The van der Waals surface area contributed by atoms with Crippen LogP contribution in [-0.4, -0.2) is 53.7 Å². The first kappa shape index (κ1) is 20.6. The summed E-state index contributed by atoms with van der Waals surface area (Å²) in [6.07, 6.45) is 0.621. The normalized spacial score (nSPS) is 13.6. The largest absolute Gasteiger partial charge is 0.460 e. The van der Waals surface area contributed by atoms with Crippen molar-refractivity contribution in [3.8, 4) is 6.07 Å². The molecule has 0 bridgehead atoms. The first-order valence-corrected chi connectivity index (χ1v) is 9.03. The lowest BCUT2D eigenvalue weighted by Gasteiger charge is -2.24. The lowest BCUT2D eigenvalue weighted by atomic mass is 10.1. The van der Waals surface area contributed by atoms with E-state index in [1.807, 2.05) is 58.4 Å². The highest BCUT2D eigenvalue weighted by atomic mass is 32.2. The zero-order valence-electron chi connectivity index (χ0n) is 14.7. The van der Waals surface area contributed by atoms with E-state index >= 15 is 0 Å². The number of likely N-dealkylation sites (N-methyl/N-ethyl adjacent to an activating group) is 1. The average molecular weight is 366 g/mol. The number of ether oxygens (including phenoxy) is 1. The van der Waals surface area contributed by atoms with Gasteiger partial charge in [0.25, 0.3) is 0 Å². The number of rotatable bonds is 8. The van der Waals surface area contributed by atoms with Crippen molar-refractivity contribution in [1.82, 2.24) is 0 Å². The van der Waals surface area contributed by atoms with Gasteiger partial charge in [-0.1, -0.05) is 54.3 Å². The van der Waals surface area contributed by atoms with Gasteiger partial charge in [-0.2, -0.15) is 5.26 Å². The molecule has 1 aromatic carbocycles. The minimum Gasteiger partial charge on any atom is -0.460 e. The zero-order chi connectivity index (χ0) is 18.2. The molecule has 6 heteroatoms. The van der Waals surface area contributed by atoms with Crippen LogP contribution in [0.5, 0.6) is 0 Å². The van der Waals surface area contributed by atoms with E-state index in [2.05, 4.69) is 6.07 Å². The van der Waals surface area contributed by atoms with Crippen LogP contribution in [0.3, 0.4) is 0 Å². The van der Waals surface area contributed by atoms with E-state index in [9.17, 15) is 10.1 Å². The smallest absolute Gasteiger partial charge is 0.306 e. The van der Waals surface area contributed by atoms with E-state index in [1.165, 1.54) is 11.8 Å². The number of hydrogen-bond acceptors (Lipinski definition) is 5. The summed E-state index contributed by atoms with van der Waals surface area (Å²) in [4.78, 5) is 11.9. The third-order valence-electron chi connectivity index (χ3n) is 3.40. The van der Waals surface area contributed by atoms with Crippen molar-refractivity contribution in [2.45, 2.75) is 24.5 Å². The van der Waals surface area contributed by atoms with Crippen LogP contribution in [0.15, 0.2) is 30.3 Å². The standard InChI is InChI=1S/C18H25N2O2S2/c1-18(14-19,24-17(23)15-8-6-5-7-9-15)11-10-16(21)22-13-12-20(2,3)4/h5-9H,10-13H2,1-4H3/q+1. The van der Waals surface area contributed by atoms with Gasteiger partial charge < -0.3 is 9.22 Å². The average Bonchev–Trinajstić information content (AvgIpc) is 2.52. The van der Waals surface area contributed by atoms with Crippen LogP contribution < -0.4 is 0 Å². The summed E-state index contributed by atoms with van der Waals surface area (Å²) < 4.78 is 5.90. The van der Waals surface area contributed by atoms with Crippen LogP contribution in [-0.2, 0) is 9.53 Å². The Kier molecular flexibility index (Phi) is 7.88. The van der Waals surface area contributed by atoms with Crippen molar-refractivity contribution in [3.63, 3.8) is 0 Å². The van der Waals surface area contributed by atoms with Gasteiger partial charge in [-0.05, 0) is 18.9 Å². The summed E-state index contributed by atoms with van der Waals surface area (Å²) in [5.74, 6) is -0.267. The molecule has 0 radical (unpaired) electrons. The van der Waals surface area contributed by atoms with E-state index in [0.29, 0.717) is 17.2 Å². The summed E-state index contributed by atoms with van der Waals surface area (Å²) >= 11 is 6.75. The Morgan fingerprint density at radius 2 is 1.96 bits per heavy atom. The molecule has 0 aliphatic rings. The van der Waals surface area contributed by atoms with E-state index < -0.39 is 4.75 Å². The second kappa shape index (κ2) is 9.16. The fraction of sp³-hybridized carbons (Fsp3) is 0.500. The maximum Gasteiger partial charge on any atom is 0.306 e. The Balaban J connectivity index is 2.49. The number of thioether (sulfide) groups is 1. The molecule has 130 valence electrons. The molecule has 1 rings (SSSR count). The van der Waals surface area contributed by atoms with Gasteiger partial charge in [-0.3, -0.25) is 4.79 Å². The third-order valence-corrected chi connectivity index (χ3v) is 5.05. The fourth-order valence-electron chi connectivity index (χ4n) is 1.81. The van der Waals surface area contributed by atoms with Gasteiger partial charge in [0.2, 0.25) is 0 Å². The van der Waals surface area contributed by atoms with Gasteiger partial charge >= 0.3 is 5.97 Å².